The topological polar surface area (TPSA) is 71.2 Å². The number of likely N-dealkylation sites (N-methyl/N-ethyl adjacent to an activating group) is 1. The van der Waals surface area contributed by atoms with Crippen molar-refractivity contribution in [2.24, 2.45) is 0 Å². The van der Waals surface area contributed by atoms with E-state index >= 15 is 0 Å². The van der Waals surface area contributed by atoms with E-state index in [4.69, 9.17) is 4.52 Å². The maximum atomic E-state index is 14.5. The predicted molar refractivity (Wildman–Crippen MR) is 78.0 cm³/mol. The molecule has 0 radical (unpaired) electrons. The van der Waals surface area contributed by atoms with Crippen LogP contribution in [0.5, 0.6) is 0 Å². The third-order valence-corrected chi connectivity index (χ3v) is 3.95. The van der Waals surface area contributed by atoms with Gasteiger partial charge in [-0.3, -0.25) is 4.90 Å². The normalized spacial score (nSPS) is 19.6. The van der Waals surface area contributed by atoms with Crippen molar-refractivity contribution in [2.75, 3.05) is 31.6 Å². The highest BCUT2D eigenvalue weighted by Crippen LogP contribution is 2.27. The first-order valence-corrected chi connectivity index (χ1v) is 7.35. The predicted octanol–water partition coefficient (Wildman–Crippen LogP) is 1.36. The van der Waals surface area contributed by atoms with Crippen molar-refractivity contribution in [3.63, 3.8) is 0 Å². The quantitative estimate of drug-likeness (QED) is 0.848. The molecule has 3 heterocycles. The van der Waals surface area contributed by atoms with Gasteiger partial charge in [-0.25, -0.2) is 14.4 Å². The van der Waals surface area contributed by atoms with Gasteiger partial charge in [0.1, 0.15) is 12.4 Å². The number of aromatic nitrogens is 4. The van der Waals surface area contributed by atoms with Gasteiger partial charge in [0.2, 0.25) is 5.89 Å². The number of anilines is 1. The molecule has 0 aromatic carbocycles. The zero-order valence-electron chi connectivity index (χ0n) is 13.0. The summed E-state index contributed by atoms with van der Waals surface area (Å²) < 4.78 is 19.7. The second-order valence-corrected chi connectivity index (χ2v) is 5.43. The fourth-order valence-corrected chi connectivity index (χ4v) is 2.64. The summed E-state index contributed by atoms with van der Waals surface area (Å²) >= 11 is 0. The highest BCUT2D eigenvalue weighted by atomic mass is 19.1. The average Bonchev–Trinajstić information content (AvgIpc) is 2.94. The summed E-state index contributed by atoms with van der Waals surface area (Å²) in [6, 6.07) is -0.0746. The van der Waals surface area contributed by atoms with Gasteiger partial charge in [0, 0.05) is 19.6 Å². The molecule has 3 rings (SSSR count). The molecule has 0 unspecified atom stereocenters. The molecule has 1 atom stereocenters. The van der Waals surface area contributed by atoms with E-state index in [0.717, 1.165) is 6.54 Å². The zero-order chi connectivity index (χ0) is 15.7. The minimum atomic E-state index is -0.338. The van der Waals surface area contributed by atoms with Crippen LogP contribution in [-0.2, 0) is 6.42 Å². The first kappa shape index (κ1) is 14.8. The fraction of sp³-hybridized carbons (Fsp3) is 0.571. The van der Waals surface area contributed by atoms with Crippen LogP contribution in [0.1, 0.15) is 30.4 Å². The van der Waals surface area contributed by atoms with Crippen LogP contribution in [0, 0.1) is 12.7 Å². The summed E-state index contributed by atoms with van der Waals surface area (Å²) in [5, 5.41) is 3.84. The molecule has 0 bridgehead atoms. The lowest BCUT2D eigenvalue weighted by Crippen LogP contribution is -2.47. The Hall–Kier alpha value is -2.09. The third-order valence-electron chi connectivity index (χ3n) is 3.95. The van der Waals surface area contributed by atoms with Crippen molar-refractivity contribution in [1.29, 1.82) is 0 Å². The van der Waals surface area contributed by atoms with Crippen molar-refractivity contribution in [1.82, 2.24) is 25.0 Å². The Bertz CT molecular complexity index is 661. The van der Waals surface area contributed by atoms with E-state index in [1.807, 2.05) is 18.9 Å². The second kappa shape index (κ2) is 5.96. The highest BCUT2D eigenvalue weighted by molar-refractivity contribution is 5.42. The monoisotopic (exact) mass is 306 g/mol. The Balaban J connectivity index is 1.87. The van der Waals surface area contributed by atoms with E-state index in [0.29, 0.717) is 42.7 Å². The molecule has 8 heteroatoms. The van der Waals surface area contributed by atoms with Gasteiger partial charge in [-0.05, 0) is 20.4 Å². The SMILES string of the molecule is CCc1ncnc(N2CCN(C)[C@@H](c3nc(C)no3)C2)c1F. The van der Waals surface area contributed by atoms with E-state index in [1.165, 1.54) is 6.33 Å². The summed E-state index contributed by atoms with van der Waals surface area (Å²) in [5.74, 6) is 1.16. The number of hydrogen-bond donors (Lipinski definition) is 0. The van der Waals surface area contributed by atoms with Crippen molar-refractivity contribution in [3.8, 4) is 0 Å². The molecule has 0 spiro atoms. The molecule has 118 valence electrons. The van der Waals surface area contributed by atoms with Gasteiger partial charge in [-0.15, -0.1) is 0 Å². The minimum Gasteiger partial charge on any atom is -0.351 e. The van der Waals surface area contributed by atoms with Gasteiger partial charge in [0.05, 0.1) is 5.69 Å². The maximum Gasteiger partial charge on any atom is 0.245 e. The Morgan fingerprint density at radius 3 is 2.86 bits per heavy atom. The maximum absolute atomic E-state index is 14.5. The van der Waals surface area contributed by atoms with E-state index in [1.54, 1.807) is 6.92 Å². The summed E-state index contributed by atoms with van der Waals surface area (Å²) in [5.41, 5.74) is 0.439. The van der Waals surface area contributed by atoms with Gasteiger partial charge in [-0.1, -0.05) is 12.1 Å². The van der Waals surface area contributed by atoms with Crippen LogP contribution in [0.3, 0.4) is 0 Å². The molecular formula is C14H19FN6O. The lowest BCUT2D eigenvalue weighted by molar-refractivity contribution is 0.177. The number of nitrogens with zero attached hydrogens (tertiary/aromatic N) is 6. The molecule has 2 aromatic rings. The fourth-order valence-electron chi connectivity index (χ4n) is 2.64. The number of piperazine rings is 1. The first-order valence-electron chi connectivity index (χ1n) is 7.35. The summed E-state index contributed by atoms with van der Waals surface area (Å²) in [7, 11) is 2.00. The lowest BCUT2D eigenvalue weighted by Gasteiger charge is -2.38. The van der Waals surface area contributed by atoms with Crippen molar-refractivity contribution in [3.05, 3.63) is 29.6 Å². The molecule has 7 nitrogen and oxygen atoms in total. The molecule has 0 saturated carbocycles. The Morgan fingerprint density at radius 2 is 2.18 bits per heavy atom. The number of hydrogen-bond acceptors (Lipinski definition) is 7. The van der Waals surface area contributed by atoms with Crippen LogP contribution >= 0.6 is 0 Å². The number of rotatable bonds is 3. The van der Waals surface area contributed by atoms with E-state index in [2.05, 4.69) is 25.0 Å². The standard InChI is InChI=1S/C14H19FN6O/c1-4-10-12(15)13(17-8-16-10)21-6-5-20(3)11(7-21)14-18-9(2)19-22-14/h8,11H,4-7H2,1-3H3/t11-/m1/s1. The summed E-state index contributed by atoms with van der Waals surface area (Å²) in [6.07, 6.45) is 1.96. The molecule has 22 heavy (non-hydrogen) atoms. The van der Waals surface area contributed by atoms with Crippen molar-refractivity contribution < 1.29 is 8.91 Å². The Kier molecular flexibility index (Phi) is 4.02. The lowest BCUT2D eigenvalue weighted by atomic mass is 10.1. The first-order chi connectivity index (χ1) is 10.6. The van der Waals surface area contributed by atoms with Crippen molar-refractivity contribution >= 4 is 5.82 Å². The largest absolute Gasteiger partial charge is 0.351 e. The molecule has 2 aromatic heterocycles. The molecule has 0 amide bonds. The molecular weight excluding hydrogens is 287 g/mol. The van der Waals surface area contributed by atoms with Crippen LogP contribution in [0.4, 0.5) is 10.2 Å². The molecule has 1 fully saturated rings. The van der Waals surface area contributed by atoms with Gasteiger partial charge >= 0.3 is 0 Å². The molecule has 1 aliphatic rings. The Morgan fingerprint density at radius 1 is 1.36 bits per heavy atom. The smallest absolute Gasteiger partial charge is 0.245 e. The van der Waals surface area contributed by atoms with Crippen LogP contribution in [0.25, 0.3) is 0 Å². The van der Waals surface area contributed by atoms with Crippen LogP contribution in [-0.4, -0.2) is 51.7 Å². The third kappa shape index (κ3) is 2.66. The number of aryl methyl sites for hydroxylation is 2. The van der Waals surface area contributed by atoms with Gasteiger partial charge < -0.3 is 9.42 Å². The Labute approximate surface area is 128 Å². The van der Waals surface area contributed by atoms with E-state index in [-0.39, 0.29) is 11.9 Å². The summed E-state index contributed by atoms with van der Waals surface area (Å²) in [6.45, 7) is 5.66. The minimum absolute atomic E-state index is 0.0746. The van der Waals surface area contributed by atoms with Crippen LogP contribution in [0.15, 0.2) is 10.9 Å². The van der Waals surface area contributed by atoms with E-state index < -0.39 is 0 Å². The van der Waals surface area contributed by atoms with Crippen LogP contribution < -0.4 is 4.90 Å². The summed E-state index contributed by atoms with van der Waals surface area (Å²) in [4.78, 5) is 16.4. The highest BCUT2D eigenvalue weighted by Gasteiger charge is 2.31. The molecule has 0 aliphatic carbocycles. The van der Waals surface area contributed by atoms with E-state index in [9.17, 15) is 4.39 Å². The van der Waals surface area contributed by atoms with Gasteiger partial charge in [0.15, 0.2) is 17.5 Å². The average molecular weight is 306 g/mol. The zero-order valence-corrected chi connectivity index (χ0v) is 13.0. The van der Waals surface area contributed by atoms with Gasteiger partial charge in [0.25, 0.3) is 0 Å². The molecule has 0 N–H and O–H groups in total. The number of halogens is 1. The molecule has 1 saturated heterocycles. The second-order valence-electron chi connectivity index (χ2n) is 5.43. The van der Waals surface area contributed by atoms with Crippen LogP contribution in [0.2, 0.25) is 0 Å². The van der Waals surface area contributed by atoms with Crippen molar-refractivity contribution in [2.45, 2.75) is 26.3 Å². The van der Waals surface area contributed by atoms with Gasteiger partial charge in [-0.2, -0.15) is 4.98 Å². The molecule has 1 aliphatic heterocycles.